The third-order valence-electron chi connectivity index (χ3n) is 7.33. The predicted molar refractivity (Wildman–Crippen MR) is 121 cm³/mol. The van der Waals surface area contributed by atoms with E-state index in [0.29, 0.717) is 17.8 Å². The summed E-state index contributed by atoms with van der Waals surface area (Å²) in [7, 11) is 0. The molecule has 5 nitrogen and oxygen atoms in total. The van der Waals surface area contributed by atoms with Gasteiger partial charge < -0.3 is 15.0 Å². The van der Waals surface area contributed by atoms with E-state index >= 15 is 0 Å². The van der Waals surface area contributed by atoms with Gasteiger partial charge in [-0.15, -0.1) is 10.2 Å². The van der Waals surface area contributed by atoms with Gasteiger partial charge >= 0.3 is 6.18 Å². The van der Waals surface area contributed by atoms with Crippen molar-refractivity contribution in [2.24, 2.45) is 17.8 Å². The molecule has 0 amide bonds. The topological polar surface area (TPSA) is 50.3 Å². The number of nitrogens with one attached hydrogen (secondary N) is 1. The highest BCUT2D eigenvalue weighted by atomic mass is 35.5. The van der Waals surface area contributed by atoms with Crippen LogP contribution in [0.3, 0.4) is 0 Å². The first-order valence-corrected chi connectivity index (χ1v) is 12.1. The monoisotopic (exact) mass is 498 g/mol. The van der Waals surface area contributed by atoms with Crippen LogP contribution in [0.4, 0.5) is 23.4 Å². The molecule has 2 aromatic rings. The number of nitrogens with zero attached hydrogens (tertiary/aromatic N) is 3. The van der Waals surface area contributed by atoms with E-state index in [2.05, 4.69) is 20.4 Å². The minimum Gasteiger partial charge on any atom is -0.381 e. The van der Waals surface area contributed by atoms with Gasteiger partial charge in [-0.25, -0.2) is 4.39 Å². The van der Waals surface area contributed by atoms with Crippen molar-refractivity contribution in [3.05, 3.63) is 40.7 Å². The Labute approximate surface area is 200 Å². The van der Waals surface area contributed by atoms with Crippen LogP contribution < -0.4 is 5.32 Å². The van der Waals surface area contributed by atoms with Crippen LogP contribution in [0.15, 0.2) is 24.3 Å². The van der Waals surface area contributed by atoms with Crippen LogP contribution in [0.2, 0.25) is 5.02 Å². The number of benzene rings is 1. The molecule has 0 unspecified atom stereocenters. The highest BCUT2D eigenvalue weighted by Crippen LogP contribution is 2.42. The van der Waals surface area contributed by atoms with Crippen LogP contribution >= 0.6 is 11.6 Å². The molecular weight excluding hydrogens is 472 g/mol. The van der Waals surface area contributed by atoms with Crippen LogP contribution in [0.25, 0.3) is 11.3 Å². The average molecular weight is 499 g/mol. The molecular formula is C24H27ClF4N4O. The van der Waals surface area contributed by atoms with Crippen molar-refractivity contribution in [3.8, 4) is 11.3 Å². The molecule has 0 spiro atoms. The molecule has 2 saturated heterocycles. The zero-order valence-electron chi connectivity index (χ0n) is 18.6. The Morgan fingerprint density at radius 1 is 1.06 bits per heavy atom. The normalized spacial score (nSPS) is 24.5. The predicted octanol–water partition coefficient (Wildman–Crippen LogP) is 5.50. The molecule has 5 rings (SSSR count). The minimum atomic E-state index is -4.64. The second kappa shape index (κ2) is 9.59. The molecule has 1 aromatic heterocycles. The van der Waals surface area contributed by atoms with Gasteiger partial charge in [0.2, 0.25) is 0 Å². The average Bonchev–Trinajstić information content (AvgIpc) is 3.33. The van der Waals surface area contributed by atoms with E-state index in [9.17, 15) is 17.6 Å². The molecule has 3 heterocycles. The van der Waals surface area contributed by atoms with Crippen LogP contribution in [-0.4, -0.2) is 54.0 Å². The molecule has 1 aromatic carbocycles. The zero-order valence-corrected chi connectivity index (χ0v) is 19.4. The summed E-state index contributed by atoms with van der Waals surface area (Å²) in [6, 6.07) is 4.29. The zero-order chi connectivity index (χ0) is 23.9. The van der Waals surface area contributed by atoms with Crippen LogP contribution in [0.1, 0.15) is 31.2 Å². The van der Waals surface area contributed by atoms with Gasteiger partial charge in [0, 0.05) is 44.5 Å². The molecule has 1 saturated carbocycles. The van der Waals surface area contributed by atoms with Crippen molar-refractivity contribution < 1.29 is 22.3 Å². The number of hydrogen-bond acceptors (Lipinski definition) is 5. The smallest absolute Gasteiger partial charge is 0.381 e. The lowest BCUT2D eigenvalue weighted by molar-refractivity contribution is -0.137. The van der Waals surface area contributed by atoms with Gasteiger partial charge in [-0.05, 0) is 67.7 Å². The van der Waals surface area contributed by atoms with Gasteiger partial charge in [-0.1, -0.05) is 11.6 Å². The van der Waals surface area contributed by atoms with Crippen LogP contribution in [-0.2, 0) is 10.9 Å². The van der Waals surface area contributed by atoms with Crippen molar-refractivity contribution in [2.75, 3.05) is 38.2 Å². The molecule has 34 heavy (non-hydrogen) atoms. The van der Waals surface area contributed by atoms with Crippen LogP contribution in [0.5, 0.6) is 0 Å². The largest absolute Gasteiger partial charge is 0.420 e. The summed E-state index contributed by atoms with van der Waals surface area (Å²) in [4.78, 5) is 2.51. The third-order valence-corrected chi connectivity index (χ3v) is 7.66. The molecule has 184 valence electrons. The Kier molecular flexibility index (Phi) is 6.70. The molecule has 1 N–H and O–H groups in total. The number of fused-ring (bicyclic) bond motifs is 1. The van der Waals surface area contributed by atoms with Crippen molar-refractivity contribution in [3.63, 3.8) is 0 Å². The van der Waals surface area contributed by atoms with Crippen molar-refractivity contribution >= 4 is 17.4 Å². The molecule has 3 aliphatic rings. The summed E-state index contributed by atoms with van der Waals surface area (Å²) < 4.78 is 60.7. The van der Waals surface area contributed by atoms with Gasteiger partial charge in [0.25, 0.3) is 0 Å². The lowest BCUT2D eigenvalue weighted by atomic mass is 10.00. The van der Waals surface area contributed by atoms with Gasteiger partial charge in [0.1, 0.15) is 11.4 Å². The van der Waals surface area contributed by atoms with Gasteiger partial charge in [-0.3, -0.25) is 0 Å². The maximum atomic E-state index is 13.9. The molecule has 3 fully saturated rings. The summed E-state index contributed by atoms with van der Waals surface area (Å²) in [5.74, 6) is 0.736. The van der Waals surface area contributed by atoms with Crippen molar-refractivity contribution in [1.29, 1.82) is 0 Å². The van der Waals surface area contributed by atoms with Gasteiger partial charge in [-0.2, -0.15) is 13.2 Å². The summed E-state index contributed by atoms with van der Waals surface area (Å²) in [5.41, 5.74) is -0.961. The molecule has 2 aliphatic heterocycles. The summed E-state index contributed by atoms with van der Waals surface area (Å²) in [5, 5.41) is 10.9. The van der Waals surface area contributed by atoms with E-state index in [4.69, 9.17) is 16.3 Å². The number of halogens is 5. The summed E-state index contributed by atoms with van der Waals surface area (Å²) in [6.07, 6.45) is -0.809. The number of anilines is 1. The SMILES string of the molecule is Fc1ccc(Cl)c(-c2cc(C(F)(F)F)c(NC3C[C@@H]4CN(CC5CCOCC5)C[C@H]4C3)nn2)c1. The molecule has 1 aliphatic carbocycles. The third kappa shape index (κ3) is 5.16. The van der Waals surface area contributed by atoms with E-state index in [1.807, 2.05) is 0 Å². The number of likely N-dealkylation sites (tertiary alicyclic amines) is 1. The first-order valence-electron chi connectivity index (χ1n) is 11.7. The Hall–Kier alpha value is -1.97. The quantitative estimate of drug-likeness (QED) is 0.551. The Morgan fingerprint density at radius 2 is 1.76 bits per heavy atom. The highest BCUT2D eigenvalue weighted by molar-refractivity contribution is 6.33. The first kappa shape index (κ1) is 23.8. The van der Waals surface area contributed by atoms with E-state index in [1.165, 1.54) is 6.07 Å². The molecule has 10 heteroatoms. The van der Waals surface area contributed by atoms with Crippen molar-refractivity contribution in [1.82, 2.24) is 15.1 Å². The summed E-state index contributed by atoms with van der Waals surface area (Å²) in [6.45, 7) is 4.75. The fourth-order valence-corrected chi connectivity index (χ4v) is 5.91. The fourth-order valence-electron chi connectivity index (χ4n) is 5.69. The first-order chi connectivity index (χ1) is 16.3. The minimum absolute atomic E-state index is 0.0752. The number of alkyl halides is 3. The second-order valence-electron chi connectivity index (χ2n) is 9.72. The molecule has 0 radical (unpaired) electrons. The Balaban J connectivity index is 1.26. The second-order valence-corrected chi connectivity index (χ2v) is 10.1. The fraction of sp³-hybridized carbons (Fsp3) is 0.583. The maximum absolute atomic E-state index is 13.9. The molecule has 0 bridgehead atoms. The van der Waals surface area contributed by atoms with E-state index in [1.54, 1.807) is 0 Å². The van der Waals surface area contributed by atoms with E-state index in [-0.39, 0.29) is 28.1 Å². The van der Waals surface area contributed by atoms with E-state index < -0.39 is 17.6 Å². The Morgan fingerprint density at radius 3 is 2.44 bits per heavy atom. The van der Waals surface area contributed by atoms with Crippen LogP contribution in [0, 0.1) is 23.6 Å². The summed E-state index contributed by atoms with van der Waals surface area (Å²) >= 11 is 6.06. The maximum Gasteiger partial charge on any atom is 0.420 e. The standard InChI is InChI=1S/C24H27ClF4N4O/c25-21-2-1-17(26)9-19(21)22-10-20(24(27,28)29)23(32-31-22)30-18-7-15-12-33(13-16(15)8-18)11-14-3-5-34-6-4-14/h1-2,9-10,14-16,18H,3-8,11-13H2,(H,30,32)/t15-,16-/m1/s1. The lowest BCUT2D eigenvalue weighted by Gasteiger charge is -2.28. The number of aromatic nitrogens is 2. The van der Waals surface area contributed by atoms with Crippen molar-refractivity contribution in [2.45, 2.75) is 37.9 Å². The Bertz CT molecular complexity index is 1020. The number of rotatable bonds is 5. The molecule has 2 atom stereocenters. The van der Waals surface area contributed by atoms with Gasteiger partial charge in [0.05, 0.1) is 10.7 Å². The highest BCUT2D eigenvalue weighted by Gasteiger charge is 2.43. The van der Waals surface area contributed by atoms with Gasteiger partial charge in [0.15, 0.2) is 5.82 Å². The number of hydrogen-bond donors (Lipinski definition) is 1. The number of ether oxygens (including phenoxy) is 1. The lowest BCUT2D eigenvalue weighted by Crippen LogP contribution is -2.32. The van der Waals surface area contributed by atoms with E-state index in [0.717, 1.165) is 76.7 Å².